The molecule has 0 saturated heterocycles. The van der Waals surface area contributed by atoms with Crippen LogP contribution in [0.3, 0.4) is 0 Å². The largest absolute Gasteiger partial charge is 0.347 e. The van der Waals surface area contributed by atoms with Crippen LogP contribution in [0.25, 0.3) is 21.2 Å². The van der Waals surface area contributed by atoms with E-state index < -0.39 is 0 Å². The van der Waals surface area contributed by atoms with Crippen molar-refractivity contribution in [3.63, 3.8) is 0 Å². The molecule has 0 unspecified atom stereocenters. The van der Waals surface area contributed by atoms with Crippen LogP contribution >= 0.6 is 22.9 Å². The summed E-state index contributed by atoms with van der Waals surface area (Å²) < 4.78 is 1.04. The second-order valence-corrected chi connectivity index (χ2v) is 11.3. The quantitative estimate of drug-likeness (QED) is 0.304. The molecule has 5 rings (SSSR count). The molecule has 1 saturated carbocycles. The Morgan fingerprint density at radius 1 is 1.03 bits per heavy atom. The molecule has 1 amide bonds. The molecule has 0 spiro atoms. The van der Waals surface area contributed by atoms with E-state index >= 15 is 0 Å². The van der Waals surface area contributed by atoms with E-state index in [-0.39, 0.29) is 11.9 Å². The number of thiophene rings is 1. The number of carbonyl (C=O) groups excluding carboxylic acids is 1. The molecule has 1 N–H and O–H groups in total. The van der Waals surface area contributed by atoms with E-state index in [1.165, 1.54) is 11.3 Å². The fraction of sp³-hybridized carbons (Fsp3) is 0.345. The first-order valence-electron chi connectivity index (χ1n) is 12.7. The molecule has 1 fully saturated rings. The van der Waals surface area contributed by atoms with Crippen molar-refractivity contribution in [2.75, 3.05) is 26.0 Å². The number of amides is 1. The fourth-order valence-corrected chi connectivity index (χ4v) is 6.54. The molecule has 37 heavy (non-hydrogen) atoms. The molecule has 192 valence electrons. The van der Waals surface area contributed by atoms with Crippen molar-refractivity contribution >= 4 is 44.9 Å². The number of aromatic nitrogens is 2. The van der Waals surface area contributed by atoms with Crippen LogP contribution in [0.15, 0.2) is 60.9 Å². The highest BCUT2D eigenvalue weighted by Gasteiger charge is 2.31. The van der Waals surface area contributed by atoms with Gasteiger partial charge in [0.25, 0.3) is 5.91 Å². The molecular weight excluding hydrogens is 502 g/mol. The van der Waals surface area contributed by atoms with Crippen LogP contribution in [0.4, 0.5) is 5.95 Å². The number of fused-ring (bicyclic) bond motifs is 1. The smallest absolute Gasteiger partial charge is 0.266 e. The molecule has 2 aromatic heterocycles. The van der Waals surface area contributed by atoms with Crippen LogP contribution in [0.5, 0.6) is 0 Å². The van der Waals surface area contributed by atoms with Gasteiger partial charge in [0.2, 0.25) is 5.95 Å². The van der Waals surface area contributed by atoms with Gasteiger partial charge in [-0.1, -0.05) is 48.0 Å². The van der Waals surface area contributed by atoms with Gasteiger partial charge in [-0.25, -0.2) is 9.97 Å². The van der Waals surface area contributed by atoms with Crippen molar-refractivity contribution in [2.45, 2.75) is 44.3 Å². The predicted molar refractivity (Wildman–Crippen MR) is 154 cm³/mol. The van der Waals surface area contributed by atoms with Gasteiger partial charge in [-0.3, -0.25) is 4.79 Å². The molecule has 0 bridgehead atoms. The van der Waals surface area contributed by atoms with Gasteiger partial charge < -0.3 is 15.1 Å². The van der Waals surface area contributed by atoms with Gasteiger partial charge in [0.1, 0.15) is 4.88 Å². The van der Waals surface area contributed by atoms with E-state index in [0.29, 0.717) is 28.4 Å². The lowest BCUT2D eigenvalue weighted by atomic mass is 9.89. The molecule has 6 nitrogen and oxygen atoms in total. The van der Waals surface area contributed by atoms with E-state index in [4.69, 9.17) is 11.6 Å². The van der Waals surface area contributed by atoms with E-state index in [2.05, 4.69) is 33.5 Å². The minimum Gasteiger partial charge on any atom is -0.347 e. The minimum absolute atomic E-state index is 0.0168. The maximum atomic E-state index is 14.1. The highest BCUT2D eigenvalue weighted by molar-refractivity contribution is 7.21. The fourth-order valence-electron chi connectivity index (χ4n) is 5.07. The number of anilines is 1. The van der Waals surface area contributed by atoms with Crippen molar-refractivity contribution in [1.29, 1.82) is 0 Å². The minimum atomic E-state index is 0.0168. The molecular formula is C29H32ClN5OS. The Labute approximate surface area is 227 Å². The Morgan fingerprint density at radius 2 is 1.76 bits per heavy atom. The van der Waals surface area contributed by atoms with Crippen LogP contribution in [0, 0.1) is 0 Å². The first-order chi connectivity index (χ1) is 17.9. The van der Waals surface area contributed by atoms with Crippen LogP contribution < -0.4 is 10.2 Å². The number of hydrogen-bond donors (Lipinski definition) is 1. The number of nitrogens with one attached hydrogen (secondary N) is 1. The van der Waals surface area contributed by atoms with Crippen molar-refractivity contribution in [3.05, 3.63) is 76.4 Å². The molecule has 1 aliphatic carbocycles. The maximum absolute atomic E-state index is 14.1. The van der Waals surface area contributed by atoms with Crippen LogP contribution in [-0.4, -0.2) is 54.0 Å². The number of benzene rings is 2. The predicted octanol–water partition coefficient (Wildman–Crippen LogP) is 6.25. The van der Waals surface area contributed by atoms with Crippen molar-refractivity contribution in [1.82, 2.24) is 20.2 Å². The zero-order chi connectivity index (χ0) is 25.9. The molecule has 0 atom stereocenters. The Hall–Kier alpha value is -3.00. The summed E-state index contributed by atoms with van der Waals surface area (Å²) in [5.74, 6) is 0.692. The summed E-state index contributed by atoms with van der Waals surface area (Å²) in [6.07, 6.45) is 7.75. The third kappa shape index (κ3) is 5.49. The number of rotatable bonds is 7. The Bertz CT molecular complexity index is 1380. The number of nitrogens with zero attached hydrogens (tertiary/aromatic N) is 4. The van der Waals surface area contributed by atoms with Gasteiger partial charge in [0, 0.05) is 60.8 Å². The van der Waals surface area contributed by atoms with Crippen molar-refractivity contribution in [3.8, 4) is 11.1 Å². The third-order valence-electron chi connectivity index (χ3n) is 7.19. The summed E-state index contributed by atoms with van der Waals surface area (Å²) in [5.41, 5.74) is 3.07. The summed E-state index contributed by atoms with van der Waals surface area (Å²) in [6.45, 7) is 0.531. The standard InChI is InChI=1S/C29H32ClN5OS/c1-31-22-11-13-23(14-12-22)35(28(36)27-26(30)24-9-4-5-10-25(24)37-27)18-19-7-6-8-20(15-19)21-16-32-29(33-17-21)34(2)3/h4-10,15-17,22-23,31H,11-14,18H2,1-3H3. The van der Waals surface area contributed by atoms with Crippen LogP contribution in [-0.2, 0) is 6.54 Å². The lowest BCUT2D eigenvalue weighted by molar-refractivity contribution is 0.0606. The van der Waals surface area contributed by atoms with E-state index in [9.17, 15) is 4.79 Å². The van der Waals surface area contributed by atoms with Gasteiger partial charge >= 0.3 is 0 Å². The first-order valence-corrected chi connectivity index (χ1v) is 13.9. The van der Waals surface area contributed by atoms with Gasteiger partial charge in [0.15, 0.2) is 0 Å². The zero-order valence-electron chi connectivity index (χ0n) is 21.4. The monoisotopic (exact) mass is 533 g/mol. The van der Waals surface area contributed by atoms with Gasteiger partial charge in [-0.05, 0) is 56.0 Å². The second kappa shape index (κ2) is 11.2. The Morgan fingerprint density at radius 3 is 2.43 bits per heavy atom. The lowest BCUT2D eigenvalue weighted by Gasteiger charge is -2.37. The first kappa shape index (κ1) is 25.6. The number of carbonyl (C=O) groups is 1. The van der Waals surface area contributed by atoms with E-state index in [1.807, 2.05) is 73.7 Å². The molecule has 2 heterocycles. The topological polar surface area (TPSA) is 61.4 Å². The summed E-state index contributed by atoms with van der Waals surface area (Å²) in [5, 5.41) is 4.91. The summed E-state index contributed by atoms with van der Waals surface area (Å²) in [7, 11) is 5.87. The normalized spacial score (nSPS) is 17.6. The average molecular weight is 534 g/mol. The van der Waals surface area contributed by atoms with Gasteiger partial charge in [0.05, 0.1) is 5.02 Å². The van der Waals surface area contributed by atoms with E-state index in [1.54, 1.807) is 0 Å². The summed E-state index contributed by atoms with van der Waals surface area (Å²) in [6, 6.07) is 17.0. The Kier molecular flexibility index (Phi) is 7.74. The highest BCUT2D eigenvalue weighted by Crippen LogP contribution is 2.37. The van der Waals surface area contributed by atoms with Crippen molar-refractivity contribution in [2.24, 2.45) is 0 Å². The van der Waals surface area contributed by atoms with E-state index in [0.717, 1.165) is 52.5 Å². The number of halogens is 1. The third-order valence-corrected chi connectivity index (χ3v) is 8.85. The van der Waals surface area contributed by atoms with Gasteiger partial charge in [-0.15, -0.1) is 11.3 Å². The highest BCUT2D eigenvalue weighted by atomic mass is 35.5. The van der Waals surface area contributed by atoms with Crippen LogP contribution in [0.1, 0.15) is 40.9 Å². The average Bonchev–Trinajstić information content (AvgIpc) is 3.28. The Balaban J connectivity index is 1.45. The van der Waals surface area contributed by atoms with Crippen LogP contribution in [0.2, 0.25) is 5.02 Å². The molecule has 1 aliphatic rings. The molecule has 0 radical (unpaired) electrons. The van der Waals surface area contributed by atoms with Gasteiger partial charge in [-0.2, -0.15) is 0 Å². The summed E-state index contributed by atoms with van der Waals surface area (Å²) in [4.78, 5) is 27.5. The maximum Gasteiger partial charge on any atom is 0.266 e. The lowest BCUT2D eigenvalue weighted by Crippen LogP contribution is -2.44. The SMILES string of the molecule is CNC1CCC(N(Cc2cccc(-c3cnc(N(C)C)nc3)c2)C(=O)c2sc3ccccc3c2Cl)CC1. The molecule has 4 aromatic rings. The number of hydrogen-bond acceptors (Lipinski definition) is 6. The zero-order valence-corrected chi connectivity index (χ0v) is 23.0. The van der Waals surface area contributed by atoms with Crippen molar-refractivity contribution < 1.29 is 4.79 Å². The summed E-state index contributed by atoms with van der Waals surface area (Å²) >= 11 is 8.25. The molecule has 0 aliphatic heterocycles. The molecule has 8 heteroatoms. The molecule has 2 aromatic carbocycles. The second-order valence-electron chi connectivity index (χ2n) is 9.84.